The maximum Gasteiger partial charge on any atom is 0.343 e. The third kappa shape index (κ3) is 6.43. The van der Waals surface area contributed by atoms with E-state index in [1.165, 1.54) is 6.21 Å². The van der Waals surface area contributed by atoms with Crippen molar-refractivity contribution in [2.75, 3.05) is 13.7 Å². The number of esters is 1. The molecular weight excluding hydrogens is 408 g/mol. The lowest BCUT2D eigenvalue weighted by molar-refractivity contribution is -0.123. The van der Waals surface area contributed by atoms with Gasteiger partial charge in [0.1, 0.15) is 17.2 Å². The Morgan fingerprint density at radius 3 is 2.28 bits per heavy atom. The minimum absolute atomic E-state index is 0.137. The number of carbonyl (C=O) groups is 2. The zero-order valence-corrected chi connectivity index (χ0v) is 18.1. The first kappa shape index (κ1) is 22.6. The van der Waals surface area contributed by atoms with Crippen LogP contribution in [-0.2, 0) is 4.79 Å². The van der Waals surface area contributed by atoms with E-state index < -0.39 is 5.97 Å². The largest absolute Gasteiger partial charge is 0.497 e. The van der Waals surface area contributed by atoms with Crippen molar-refractivity contribution in [1.82, 2.24) is 5.43 Å². The number of hydrazone groups is 1. The number of nitrogens with one attached hydrogen (secondary N) is 1. The summed E-state index contributed by atoms with van der Waals surface area (Å²) in [5.74, 6) is 0.883. The third-order valence-corrected chi connectivity index (χ3v) is 4.51. The van der Waals surface area contributed by atoms with E-state index in [9.17, 15) is 9.59 Å². The molecule has 0 bridgehead atoms. The number of hydrogen-bond acceptors (Lipinski definition) is 6. The molecule has 0 saturated carbocycles. The highest BCUT2D eigenvalue weighted by Gasteiger charge is 2.09. The number of nitrogens with zero attached hydrogens (tertiary/aromatic N) is 1. The lowest BCUT2D eigenvalue weighted by atomic mass is 10.1. The average Bonchev–Trinajstić information content (AvgIpc) is 2.79. The van der Waals surface area contributed by atoms with Crippen LogP contribution in [0.4, 0.5) is 0 Å². The van der Waals surface area contributed by atoms with Crippen molar-refractivity contribution in [1.29, 1.82) is 0 Å². The lowest BCUT2D eigenvalue weighted by Gasteiger charge is -2.08. The third-order valence-electron chi connectivity index (χ3n) is 4.51. The number of aryl methyl sites for hydroxylation is 2. The van der Waals surface area contributed by atoms with Crippen LogP contribution in [0.5, 0.6) is 17.2 Å². The number of methoxy groups -OCH3 is 1. The minimum atomic E-state index is -0.467. The molecule has 3 aromatic rings. The Bertz CT molecular complexity index is 1110. The van der Waals surface area contributed by atoms with Crippen molar-refractivity contribution in [3.05, 3.63) is 89.0 Å². The topological polar surface area (TPSA) is 86.2 Å². The quantitative estimate of drug-likeness (QED) is 0.251. The van der Waals surface area contributed by atoms with Gasteiger partial charge in [-0.1, -0.05) is 17.7 Å². The van der Waals surface area contributed by atoms with Gasteiger partial charge in [-0.3, -0.25) is 4.79 Å². The summed E-state index contributed by atoms with van der Waals surface area (Å²) in [6.45, 7) is 3.79. The number of ether oxygens (including phenoxy) is 3. The fraction of sp³-hybridized carbons (Fsp3) is 0.160. The summed E-state index contributed by atoms with van der Waals surface area (Å²) in [7, 11) is 1.56. The molecule has 0 aliphatic rings. The molecule has 0 aromatic heterocycles. The van der Waals surface area contributed by atoms with Crippen LogP contribution in [0.25, 0.3) is 0 Å². The van der Waals surface area contributed by atoms with E-state index in [1.54, 1.807) is 55.6 Å². The molecule has 164 valence electrons. The van der Waals surface area contributed by atoms with Crippen molar-refractivity contribution >= 4 is 18.1 Å². The number of amides is 1. The van der Waals surface area contributed by atoms with Crippen molar-refractivity contribution < 1.29 is 23.8 Å². The Labute approximate surface area is 186 Å². The highest BCUT2D eigenvalue weighted by Crippen LogP contribution is 2.18. The van der Waals surface area contributed by atoms with Crippen molar-refractivity contribution in [2.24, 2.45) is 5.10 Å². The van der Waals surface area contributed by atoms with E-state index >= 15 is 0 Å². The Hall–Kier alpha value is -4.13. The molecule has 0 radical (unpaired) electrons. The van der Waals surface area contributed by atoms with Crippen molar-refractivity contribution in [2.45, 2.75) is 13.8 Å². The monoisotopic (exact) mass is 432 g/mol. The Morgan fingerprint density at radius 2 is 1.62 bits per heavy atom. The first-order chi connectivity index (χ1) is 15.4. The Kier molecular flexibility index (Phi) is 7.59. The molecule has 3 rings (SSSR count). The van der Waals surface area contributed by atoms with Gasteiger partial charge >= 0.3 is 5.97 Å². The molecule has 0 fully saturated rings. The number of benzene rings is 3. The van der Waals surface area contributed by atoms with Crippen LogP contribution in [0.2, 0.25) is 0 Å². The van der Waals surface area contributed by atoms with Gasteiger partial charge < -0.3 is 14.2 Å². The average molecular weight is 432 g/mol. The summed E-state index contributed by atoms with van der Waals surface area (Å²) >= 11 is 0. The van der Waals surface area contributed by atoms with E-state index in [4.69, 9.17) is 14.2 Å². The first-order valence-corrected chi connectivity index (χ1v) is 9.93. The fourth-order valence-electron chi connectivity index (χ4n) is 2.83. The molecule has 32 heavy (non-hydrogen) atoms. The van der Waals surface area contributed by atoms with Gasteiger partial charge in [0.2, 0.25) is 0 Å². The summed E-state index contributed by atoms with van der Waals surface area (Å²) < 4.78 is 15.9. The molecule has 0 aliphatic heterocycles. The molecule has 3 aromatic carbocycles. The van der Waals surface area contributed by atoms with Gasteiger partial charge in [0, 0.05) is 0 Å². The van der Waals surface area contributed by atoms with Gasteiger partial charge in [0.05, 0.1) is 18.9 Å². The molecule has 7 nitrogen and oxygen atoms in total. The molecular formula is C25H24N2O5. The predicted molar refractivity (Wildman–Crippen MR) is 122 cm³/mol. The van der Waals surface area contributed by atoms with E-state index in [2.05, 4.69) is 10.5 Å². The summed E-state index contributed by atoms with van der Waals surface area (Å²) in [5.41, 5.74) is 5.66. The van der Waals surface area contributed by atoms with Crippen LogP contribution in [-0.4, -0.2) is 31.8 Å². The van der Waals surface area contributed by atoms with Gasteiger partial charge in [-0.2, -0.15) is 5.10 Å². The lowest BCUT2D eigenvalue weighted by Crippen LogP contribution is -2.24. The van der Waals surface area contributed by atoms with Gasteiger partial charge in [-0.15, -0.1) is 0 Å². The van der Waals surface area contributed by atoms with E-state index in [0.717, 1.165) is 16.7 Å². The van der Waals surface area contributed by atoms with Gasteiger partial charge in [0.15, 0.2) is 6.61 Å². The summed E-state index contributed by atoms with van der Waals surface area (Å²) in [6.07, 6.45) is 1.49. The molecule has 7 heteroatoms. The highest BCUT2D eigenvalue weighted by atomic mass is 16.5. The summed E-state index contributed by atoms with van der Waals surface area (Å²) in [4.78, 5) is 24.1. The number of rotatable bonds is 8. The van der Waals surface area contributed by atoms with Crippen molar-refractivity contribution in [3.63, 3.8) is 0 Å². The summed E-state index contributed by atoms with van der Waals surface area (Å²) in [6, 6.07) is 19.1. The van der Waals surface area contributed by atoms with Gasteiger partial charge in [0.25, 0.3) is 5.91 Å². The molecule has 0 atom stereocenters. The molecule has 0 heterocycles. The second-order valence-electron chi connectivity index (χ2n) is 7.04. The first-order valence-electron chi connectivity index (χ1n) is 9.93. The van der Waals surface area contributed by atoms with E-state index in [1.807, 2.05) is 32.0 Å². The summed E-state index contributed by atoms with van der Waals surface area (Å²) in [5, 5.41) is 3.92. The van der Waals surface area contributed by atoms with Crippen LogP contribution in [0, 0.1) is 13.8 Å². The maximum atomic E-state index is 12.2. The van der Waals surface area contributed by atoms with Crippen LogP contribution >= 0.6 is 0 Å². The van der Waals surface area contributed by atoms with E-state index in [0.29, 0.717) is 22.8 Å². The fourth-order valence-corrected chi connectivity index (χ4v) is 2.83. The van der Waals surface area contributed by atoms with Crippen LogP contribution in [0.1, 0.15) is 27.0 Å². The Morgan fingerprint density at radius 1 is 0.938 bits per heavy atom. The molecule has 0 spiro atoms. The van der Waals surface area contributed by atoms with Crippen LogP contribution in [0.15, 0.2) is 71.8 Å². The van der Waals surface area contributed by atoms with Gasteiger partial charge in [-0.25, -0.2) is 10.2 Å². The predicted octanol–water partition coefficient (Wildman–Crippen LogP) is 4.06. The highest BCUT2D eigenvalue weighted by molar-refractivity contribution is 5.91. The molecule has 0 saturated heterocycles. The maximum absolute atomic E-state index is 12.2. The van der Waals surface area contributed by atoms with Crippen LogP contribution < -0.4 is 19.6 Å². The van der Waals surface area contributed by atoms with Gasteiger partial charge in [-0.05, 0) is 79.6 Å². The second-order valence-corrected chi connectivity index (χ2v) is 7.04. The van der Waals surface area contributed by atoms with Crippen molar-refractivity contribution in [3.8, 4) is 17.2 Å². The molecule has 0 unspecified atom stereocenters. The number of hydrogen-bond donors (Lipinski definition) is 1. The zero-order chi connectivity index (χ0) is 22.9. The van der Waals surface area contributed by atoms with E-state index in [-0.39, 0.29) is 12.5 Å². The smallest absolute Gasteiger partial charge is 0.343 e. The standard InChI is InChI=1S/C25H24N2O5/c1-17-4-13-23(18(2)14-17)31-16-24(28)27-26-15-19-5-9-22(10-6-19)32-25(29)20-7-11-21(30-3)12-8-20/h4-15H,16H2,1-3H3,(H,27,28)/b26-15-. The normalized spacial score (nSPS) is 10.6. The molecule has 0 aliphatic carbocycles. The minimum Gasteiger partial charge on any atom is -0.497 e. The molecule has 1 amide bonds. The van der Waals surface area contributed by atoms with Crippen LogP contribution in [0.3, 0.4) is 0 Å². The SMILES string of the molecule is COc1ccc(C(=O)Oc2ccc(/C=N\NC(=O)COc3ccc(C)cc3C)cc2)cc1. The zero-order valence-electron chi connectivity index (χ0n) is 18.1. The Balaban J connectivity index is 1.47. The molecule has 1 N–H and O–H groups in total. The second kappa shape index (κ2) is 10.8. The number of carbonyl (C=O) groups excluding carboxylic acids is 2.